The fourth-order valence-corrected chi connectivity index (χ4v) is 8.60. The number of fused-ring (bicyclic) bond motifs is 1. The van der Waals surface area contributed by atoms with E-state index in [1.54, 1.807) is 7.11 Å². The predicted octanol–water partition coefficient (Wildman–Crippen LogP) is 15.9. The molecule has 2 heterocycles. The average molecular weight is 833 g/mol. The summed E-state index contributed by atoms with van der Waals surface area (Å²) in [6.45, 7) is 23.8. The summed E-state index contributed by atoms with van der Waals surface area (Å²) in [5, 5.41) is 0. The van der Waals surface area contributed by atoms with Crippen LogP contribution in [-0.4, -0.2) is 21.6 Å². The van der Waals surface area contributed by atoms with E-state index in [9.17, 15) is 0 Å². The van der Waals surface area contributed by atoms with Crippen molar-refractivity contribution in [1.82, 2.24) is 14.5 Å². The first-order valence-electron chi connectivity index (χ1n) is 23.6. The lowest BCUT2D eigenvalue weighted by Gasteiger charge is -2.26. The zero-order valence-corrected chi connectivity index (χ0v) is 39.4. The fourth-order valence-electron chi connectivity index (χ4n) is 8.60. The van der Waals surface area contributed by atoms with Crippen LogP contribution in [0.5, 0.6) is 5.75 Å². The van der Waals surface area contributed by atoms with Crippen LogP contribution in [0.15, 0.2) is 128 Å². The smallest absolute Gasteiger partial charge is 0.149 e. The first-order valence-corrected chi connectivity index (χ1v) is 22.1. The highest BCUT2D eigenvalue weighted by Crippen LogP contribution is 2.43. The highest BCUT2D eigenvalue weighted by atomic mass is 16.5. The topological polar surface area (TPSA) is 39.9 Å². The van der Waals surface area contributed by atoms with E-state index in [2.05, 4.69) is 173 Å². The van der Waals surface area contributed by atoms with Gasteiger partial charge < -0.3 is 4.74 Å². The van der Waals surface area contributed by atoms with E-state index in [1.165, 1.54) is 16.7 Å². The number of aromatic nitrogens is 3. The Balaban J connectivity index is 1.40. The van der Waals surface area contributed by atoms with Crippen LogP contribution in [0, 0.1) is 27.6 Å². The fraction of sp³-hybridized carbons (Fsp3) is 0.288. The molecule has 0 radical (unpaired) electrons. The van der Waals surface area contributed by atoms with E-state index in [0.29, 0.717) is 17.3 Å². The summed E-state index contributed by atoms with van der Waals surface area (Å²) in [5.74, 6) is 1.29. The van der Waals surface area contributed by atoms with Gasteiger partial charge in [-0.3, -0.25) is 9.55 Å². The number of hydrogen-bond donors (Lipinski definition) is 0. The van der Waals surface area contributed by atoms with Crippen molar-refractivity contribution in [2.75, 3.05) is 7.11 Å². The quantitative estimate of drug-likeness (QED) is 0.161. The molecule has 320 valence electrons. The Hall–Kier alpha value is -6.26. The molecule has 0 aliphatic carbocycles. The monoisotopic (exact) mass is 833 g/mol. The van der Waals surface area contributed by atoms with Crippen molar-refractivity contribution >= 4 is 11.0 Å². The van der Waals surface area contributed by atoms with Crippen molar-refractivity contribution < 1.29 is 8.85 Å². The summed E-state index contributed by atoms with van der Waals surface area (Å²) in [7, 11) is 1.68. The van der Waals surface area contributed by atoms with Gasteiger partial charge in [0.15, 0.2) is 0 Å². The molecule has 4 nitrogen and oxygen atoms in total. The van der Waals surface area contributed by atoms with Gasteiger partial charge in [0.2, 0.25) is 0 Å². The number of ether oxygens (including phenoxy) is 1. The van der Waals surface area contributed by atoms with Crippen molar-refractivity contribution in [3.05, 3.63) is 166 Å². The number of para-hydroxylation sites is 1. The van der Waals surface area contributed by atoms with Crippen LogP contribution in [0.4, 0.5) is 0 Å². The molecule has 0 aliphatic rings. The zero-order valence-electron chi connectivity index (χ0n) is 42.4. The summed E-state index contributed by atoms with van der Waals surface area (Å²) in [6.07, 6.45) is 1.89. The number of rotatable bonds is 7. The molecule has 0 bridgehead atoms. The third kappa shape index (κ3) is 8.61. The molecule has 0 N–H and O–H groups in total. The number of hydrogen-bond acceptors (Lipinski definition) is 3. The standard InChI is InChI=1S/C59H63N3O/c1-36-18-20-40(21-19-36)42-24-25-60-51(34-42)45-29-44(32-46(33-45)57(5,6)7)49-16-15-17-53-54(49)61-56(50-27-37(2)26-39(4)55(50)63-14)62(53)52-23-22-41(28-38(52)3)43-30-47(58(8,9)10)35-48(31-43)59(11,12)13/h15-35H,1-14H3/i3D3. The van der Waals surface area contributed by atoms with Gasteiger partial charge in [-0.1, -0.05) is 141 Å². The summed E-state index contributed by atoms with van der Waals surface area (Å²) in [6, 6.07) is 42.6. The minimum Gasteiger partial charge on any atom is -0.496 e. The Bertz CT molecular complexity index is 3100. The molecule has 0 spiro atoms. The van der Waals surface area contributed by atoms with Crippen LogP contribution in [0.2, 0.25) is 0 Å². The van der Waals surface area contributed by atoms with Crippen molar-refractivity contribution in [2.45, 2.75) is 106 Å². The van der Waals surface area contributed by atoms with Gasteiger partial charge >= 0.3 is 0 Å². The lowest BCUT2D eigenvalue weighted by atomic mass is 9.79. The number of methoxy groups -OCH3 is 1. The molecule has 63 heavy (non-hydrogen) atoms. The molecule has 8 rings (SSSR count). The minimum atomic E-state index is -2.46. The van der Waals surface area contributed by atoms with Crippen LogP contribution in [0.25, 0.3) is 72.7 Å². The van der Waals surface area contributed by atoms with Crippen LogP contribution in [-0.2, 0) is 16.2 Å². The Kier molecular flexibility index (Phi) is 10.1. The highest BCUT2D eigenvalue weighted by molar-refractivity contribution is 5.97. The lowest BCUT2D eigenvalue weighted by Crippen LogP contribution is -2.16. The molecular formula is C59H63N3O. The summed E-state index contributed by atoms with van der Waals surface area (Å²) in [4.78, 5) is 10.5. The Labute approximate surface area is 380 Å². The molecule has 4 heteroatoms. The average Bonchev–Trinajstić information content (AvgIpc) is 3.64. The maximum Gasteiger partial charge on any atom is 0.149 e. The third-order valence-electron chi connectivity index (χ3n) is 12.3. The molecule has 6 aromatic carbocycles. The van der Waals surface area contributed by atoms with E-state index >= 15 is 0 Å². The largest absolute Gasteiger partial charge is 0.496 e. The SMILES string of the molecule is [2H]C([2H])([2H])c1cc(-c2cc(C(C)(C)C)cc(C(C)(C)C)c2)ccc1-n1c(-c2cc(C)cc(C)c2OC)nc2c(-c3cc(-c4cc(-c5ccc(C)cc5)ccn4)cc(C(C)(C)C)c3)cccc21. The molecule has 0 aliphatic heterocycles. The van der Waals surface area contributed by atoms with Gasteiger partial charge in [-0.2, -0.15) is 0 Å². The van der Waals surface area contributed by atoms with Gasteiger partial charge in [-0.25, -0.2) is 4.98 Å². The second kappa shape index (κ2) is 16.1. The van der Waals surface area contributed by atoms with E-state index < -0.39 is 6.85 Å². The van der Waals surface area contributed by atoms with E-state index in [1.807, 2.05) is 42.0 Å². The third-order valence-corrected chi connectivity index (χ3v) is 12.3. The van der Waals surface area contributed by atoms with Crippen molar-refractivity contribution in [3.63, 3.8) is 0 Å². The van der Waals surface area contributed by atoms with Crippen LogP contribution in [0.1, 0.15) is 105 Å². The number of imidazole rings is 1. The zero-order chi connectivity index (χ0) is 47.7. The first kappa shape index (κ1) is 39.6. The number of pyridine rings is 1. The summed E-state index contributed by atoms with van der Waals surface area (Å²) < 4.78 is 35.5. The molecule has 8 aromatic rings. The maximum atomic E-state index is 9.10. The van der Waals surface area contributed by atoms with E-state index in [4.69, 9.17) is 18.8 Å². The summed E-state index contributed by atoms with van der Waals surface area (Å²) >= 11 is 0. The minimum absolute atomic E-state index is 0.106. The van der Waals surface area contributed by atoms with Crippen molar-refractivity contribution in [2.24, 2.45) is 0 Å². The lowest BCUT2D eigenvalue weighted by molar-refractivity contribution is 0.413. The molecular weight excluding hydrogens is 767 g/mol. The second-order valence-electron chi connectivity index (χ2n) is 20.5. The van der Waals surface area contributed by atoms with Gasteiger partial charge in [0, 0.05) is 21.4 Å². The maximum absolute atomic E-state index is 9.10. The number of nitrogens with zero attached hydrogens (tertiary/aromatic N) is 3. The Morgan fingerprint density at radius 3 is 1.79 bits per heavy atom. The Morgan fingerprint density at radius 1 is 0.524 bits per heavy atom. The molecule has 0 saturated carbocycles. The normalized spacial score (nSPS) is 13.2. The van der Waals surface area contributed by atoms with Crippen molar-refractivity contribution in [1.29, 1.82) is 0 Å². The Morgan fingerprint density at radius 2 is 1.14 bits per heavy atom. The summed E-state index contributed by atoms with van der Waals surface area (Å²) in [5.41, 5.74) is 17.4. The van der Waals surface area contributed by atoms with Gasteiger partial charge in [0.25, 0.3) is 0 Å². The van der Waals surface area contributed by atoms with Gasteiger partial charge in [0.1, 0.15) is 11.6 Å². The van der Waals surface area contributed by atoms with Gasteiger partial charge in [-0.05, 0) is 154 Å². The van der Waals surface area contributed by atoms with Crippen LogP contribution >= 0.6 is 0 Å². The van der Waals surface area contributed by atoms with E-state index in [0.717, 1.165) is 77.9 Å². The molecule has 0 fully saturated rings. The predicted molar refractivity (Wildman–Crippen MR) is 268 cm³/mol. The number of aryl methyl sites for hydroxylation is 4. The molecule has 2 aromatic heterocycles. The molecule has 0 saturated heterocycles. The number of benzene rings is 6. The van der Waals surface area contributed by atoms with Gasteiger partial charge in [0.05, 0.1) is 35.1 Å². The first-order chi connectivity index (χ1) is 30.9. The highest BCUT2D eigenvalue weighted by Gasteiger charge is 2.25. The van der Waals surface area contributed by atoms with Crippen molar-refractivity contribution in [3.8, 4) is 67.5 Å². The molecule has 0 atom stereocenters. The van der Waals surface area contributed by atoms with Gasteiger partial charge in [-0.15, -0.1) is 0 Å². The second-order valence-corrected chi connectivity index (χ2v) is 20.5. The van der Waals surface area contributed by atoms with Crippen LogP contribution < -0.4 is 4.74 Å². The molecule has 0 unspecified atom stereocenters. The molecule has 0 amide bonds. The van der Waals surface area contributed by atoms with Crippen LogP contribution in [0.3, 0.4) is 0 Å². The van der Waals surface area contributed by atoms with E-state index in [-0.39, 0.29) is 21.8 Å².